The highest BCUT2D eigenvalue weighted by Gasteiger charge is 2.11. The number of hydrogen-bond acceptors (Lipinski definition) is 4. The topological polar surface area (TPSA) is 82.5 Å². The lowest BCUT2D eigenvalue weighted by molar-refractivity contribution is 0.0946. The number of hydrogen-bond donors (Lipinski definition) is 3. The molecule has 0 aliphatic heterocycles. The van der Waals surface area contributed by atoms with Gasteiger partial charge in [0.1, 0.15) is 11.3 Å². The van der Waals surface area contributed by atoms with Gasteiger partial charge in [0.25, 0.3) is 5.91 Å². The summed E-state index contributed by atoms with van der Waals surface area (Å²) in [6.45, 7) is 0.0848. The van der Waals surface area contributed by atoms with E-state index in [2.05, 4.69) is 10.3 Å². The molecule has 1 amide bonds. The molecule has 0 spiro atoms. The van der Waals surface area contributed by atoms with E-state index < -0.39 is 0 Å². The molecule has 5 heteroatoms. The number of benzene rings is 1. The van der Waals surface area contributed by atoms with Crippen LogP contribution in [0.5, 0.6) is 5.75 Å². The number of aromatic nitrogens is 1. The molecule has 0 radical (unpaired) electrons. The number of amides is 1. The summed E-state index contributed by atoms with van der Waals surface area (Å²) in [6.07, 6.45) is 1.55. The van der Waals surface area contributed by atoms with Crippen molar-refractivity contribution in [1.29, 1.82) is 0 Å². The predicted molar refractivity (Wildman–Crippen MR) is 62.8 cm³/mol. The predicted octanol–water partition coefficient (Wildman–Crippen LogP) is 0.662. The molecule has 1 aromatic heterocycles. The van der Waals surface area contributed by atoms with Crippen molar-refractivity contribution in [2.45, 2.75) is 0 Å². The minimum atomic E-state index is -0.294. The van der Waals surface area contributed by atoms with Crippen LogP contribution >= 0.6 is 0 Å². The van der Waals surface area contributed by atoms with Crippen molar-refractivity contribution in [2.75, 3.05) is 13.2 Å². The number of fused-ring (bicyclic) bond motifs is 1. The van der Waals surface area contributed by atoms with E-state index in [9.17, 15) is 9.90 Å². The quantitative estimate of drug-likeness (QED) is 0.726. The molecule has 0 atom stereocenters. The molecule has 0 aliphatic carbocycles. The molecule has 2 aromatic rings. The van der Waals surface area contributed by atoms with Crippen molar-refractivity contribution in [1.82, 2.24) is 10.3 Å². The van der Waals surface area contributed by atoms with Gasteiger partial charge >= 0.3 is 0 Å². The van der Waals surface area contributed by atoms with Gasteiger partial charge in [-0.2, -0.15) is 0 Å². The fourth-order valence-electron chi connectivity index (χ4n) is 1.62. The van der Waals surface area contributed by atoms with Gasteiger partial charge in [-0.05, 0) is 18.2 Å². The van der Waals surface area contributed by atoms with E-state index in [1.807, 2.05) is 0 Å². The number of phenols is 1. The van der Waals surface area contributed by atoms with E-state index in [1.54, 1.807) is 18.3 Å². The monoisotopic (exact) mass is 232 g/mol. The maximum Gasteiger partial charge on any atom is 0.252 e. The van der Waals surface area contributed by atoms with E-state index in [1.165, 1.54) is 12.1 Å². The molecule has 0 saturated heterocycles. The van der Waals surface area contributed by atoms with Crippen molar-refractivity contribution >= 4 is 16.8 Å². The zero-order valence-electron chi connectivity index (χ0n) is 9.05. The first-order chi connectivity index (χ1) is 8.24. The van der Waals surface area contributed by atoms with Gasteiger partial charge in [0.2, 0.25) is 0 Å². The molecule has 2 rings (SSSR count). The van der Waals surface area contributed by atoms with E-state index in [-0.39, 0.29) is 24.8 Å². The Kier molecular flexibility index (Phi) is 3.20. The molecule has 5 nitrogen and oxygen atoms in total. The van der Waals surface area contributed by atoms with Crippen molar-refractivity contribution in [3.63, 3.8) is 0 Å². The molecular weight excluding hydrogens is 220 g/mol. The summed E-state index contributed by atoms with van der Waals surface area (Å²) in [5, 5.41) is 21.4. The van der Waals surface area contributed by atoms with Gasteiger partial charge in [0.15, 0.2) is 0 Å². The number of aliphatic hydroxyl groups excluding tert-OH is 1. The van der Waals surface area contributed by atoms with Crippen LogP contribution in [0.3, 0.4) is 0 Å². The summed E-state index contributed by atoms with van der Waals surface area (Å²) in [6, 6.07) is 6.38. The van der Waals surface area contributed by atoms with Gasteiger partial charge in [-0.3, -0.25) is 9.78 Å². The van der Waals surface area contributed by atoms with Crippen LogP contribution in [0.15, 0.2) is 30.5 Å². The Hall–Kier alpha value is -2.14. The van der Waals surface area contributed by atoms with Crippen LogP contribution in [0.2, 0.25) is 0 Å². The fourth-order valence-corrected chi connectivity index (χ4v) is 1.62. The Morgan fingerprint density at radius 1 is 1.35 bits per heavy atom. The van der Waals surface area contributed by atoms with Crippen molar-refractivity contribution in [2.24, 2.45) is 0 Å². The Morgan fingerprint density at radius 2 is 2.18 bits per heavy atom. The maximum atomic E-state index is 11.8. The van der Waals surface area contributed by atoms with Crippen LogP contribution in [-0.4, -0.2) is 34.3 Å². The Balaban J connectivity index is 2.48. The largest absolute Gasteiger partial charge is 0.506 e. The number of nitrogens with one attached hydrogen (secondary N) is 1. The molecule has 1 heterocycles. The van der Waals surface area contributed by atoms with E-state index in [0.717, 1.165) is 0 Å². The number of carbonyl (C=O) groups excluding carboxylic acids is 1. The first kappa shape index (κ1) is 11.3. The maximum absolute atomic E-state index is 11.8. The second-order valence-corrected chi connectivity index (χ2v) is 3.51. The zero-order chi connectivity index (χ0) is 12.3. The molecule has 88 valence electrons. The molecule has 0 bridgehead atoms. The van der Waals surface area contributed by atoms with Crippen LogP contribution < -0.4 is 5.32 Å². The number of rotatable bonds is 3. The lowest BCUT2D eigenvalue weighted by atomic mass is 10.1. The molecule has 3 N–H and O–H groups in total. The molecule has 0 fully saturated rings. The van der Waals surface area contributed by atoms with Gasteiger partial charge in [-0.15, -0.1) is 0 Å². The second-order valence-electron chi connectivity index (χ2n) is 3.51. The number of pyridine rings is 1. The standard InChI is InChI=1S/C12H12N2O3/c15-7-6-14-12(17)9-3-4-10(16)11-8(9)2-1-5-13-11/h1-5,15-16H,6-7H2,(H,14,17). The van der Waals surface area contributed by atoms with Gasteiger partial charge in [-0.25, -0.2) is 0 Å². The van der Waals surface area contributed by atoms with Crippen molar-refractivity contribution in [3.05, 3.63) is 36.0 Å². The molecule has 17 heavy (non-hydrogen) atoms. The van der Waals surface area contributed by atoms with E-state index in [0.29, 0.717) is 16.5 Å². The van der Waals surface area contributed by atoms with Gasteiger partial charge in [0.05, 0.1) is 6.61 Å². The Morgan fingerprint density at radius 3 is 2.94 bits per heavy atom. The van der Waals surface area contributed by atoms with Crippen LogP contribution in [0, 0.1) is 0 Å². The molecule has 0 saturated carbocycles. The minimum absolute atomic E-state index is 0.0410. The van der Waals surface area contributed by atoms with Crippen LogP contribution in [0.25, 0.3) is 10.9 Å². The van der Waals surface area contributed by atoms with Crippen LogP contribution in [-0.2, 0) is 0 Å². The highest BCUT2D eigenvalue weighted by Crippen LogP contribution is 2.25. The van der Waals surface area contributed by atoms with Crippen LogP contribution in [0.4, 0.5) is 0 Å². The van der Waals surface area contributed by atoms with Crippen molar-refractivity contribution in [3.8, 4) is 5.75 Å². The third kappa shape index (κ3) is 2.19. The highest BCUT2D eigenvalue weighted by atomic mass is 16.3. The number of phenolic OH excluding ortho intramolecular Hbond substituents is 1. The summed E-state index contributed by atoms with van der Waals surface area (Å²) in [5.41, 5.74) is 0.823. The number of aromatic hydroxyl groups is 1. The average molecular weight is 232 g/mol. The third-order valence-corrected chi connectivity index (χ3v) is 2.39. The minimum Gasteiger partial charge on any atom is -0.506 e. The number of aliphatic hydroxyl groups is 1. The molecule has 1 aromatic carbocycles. The SMILES string of the molecule is O=C(NCCO)c1ccc(O)c2ncccc12. The smallest absolute Gasteiger partial charge is 0.252 e. The molecular formula is C12H12N2O3. The van der Waals surface area contributed by atoms with E-state index >= 15 is 0 Å². The van der Waals surface area contributed by atoms with Gasteiger partial charge < -0.3 is 15.5 Å². The number of nitrogens with zero attached hydrogens (tertiary/aromatic N) is 1. The lowest BCUT2D eigenvalue weighted by Crippen LogP contribution is -2.26. The summed E-state index contributed by atoms with van der Waals surface area (Å²) in [7, 11) is 0. The lowest BCUT2D eigenvalue weighted by Gasteiger charge is -2.07. The summed E-state index contributed by atoms with van der Waals surface area (Å²) >= 11 is 0. The van der Waals surface area contributed by atoms with E-state index in [4.69, 9.17) is 5.11 Å². The molecule has 0 aliphatic rings. The first-order valence-corrected chi connectivity index (χ1v) is 5.20. The summed E-state index contributed by atoms with van der Waals surface area (Å²) in [4.78, 5) is 15.8. The normalized spacial score (nSPS) is 10.4. The number of carbonyl (C=O) groups is 1. The van der Waals surface area contributed by atoms with Gasteiger partial charge in [-0.1, -0.05) is 6.07 Å². The zero-order valence-corrected chi connectivity index (χ0v) is 9.05. The third-order valence-electron chi connectivity index (χ3n) is 2.39. The first-order valence-electron chi connectivity index (χ1n) is 5.20. The second kappa shape index (κ2) is 4.80. The van der Waals surface area contributed by atoms with Gasteiger partial charge in [0, 0.05) is 23.7 Å². The highest BCUT2D eigenvalue weighted by molar-refractivity contribution is 6.07. The fraction of sp³-hybridized carbons (Fsp3) is 0.167. The average Bonchev–Trinajstić information content (AvgIpc) is 2.37. The Bertz CT molecular complexity index is 554. The molecule has 0 unspecified atom stereocenters. The summed E-state index contributed by atoms with van der Waals surface area (Å²) in [5.74, 6) is -0.253. The Labute approximate surface area is 97.7 Å². The van der Waals surface area contributed by atoms with Crippen molar-refractivity contribution < 1.29 is 15.0 Å². The summed E-state index contributed by atoms with van der Waals surface area (Å²) < 4.78 is 0. The van der Waals surface area contributed by atoms with Crippen LogP contribution in [0.1, 0.15) is 10.4 Å².